The van der Waals surface area contributed by atoms with Gasteiger partial charge in [0.1, 0.15) is 5.82 Å². The third kappa shape index (κ3) is 5.13. The number of methoxy groups -OCH3 is 1. The molecular weight excluding hydrogens is 360 g/mol. The lowest BCUT2D eigenvalue weighted by Gasteiger charge is -2.08. The fourth-order valence-electron chi connectivity index (χ4n) is 2.02. The van der Waals surface area contributed by atoms with Crippen molar-refractivity contribution in [3.63, 3.8) is 0 Å². The van der Waals surface area contributed by atoms with Gasteiger partial charge in [-0.15, -0.1) is 0 Å². The van der Waals surface area contributed by atoms with Crippen molar-refractivity contribution in [2.45, 2.75) is 13.0 Å². The molecule has 1 aromatic carbocycles. The highest BCUT2D eigenvalue weighted by Crippen LogP contribution is 2.20. The van der Waals surface area contributed by atoms with Crippen molar-refractivity contribution in [2.24, 2.45) is 0 Å². The number of benzene rings is 1. The SMILES string of the molecule is COCCCNC(=S)Nc1cnn(Cc2c(F)cc(F)c(F)c2F)c1. The number of thiocarbonyl (C=S) groups is 1. The van der Waals surface area contributed by atoms with E-state index < -0.39 is 35.4 Å². The van der Waals surface area contributed by atoms with Crippen molar-refractivity contribution >= 4 is 23.0 Å². The van der Waals surface area contributed by atoms with Gasteiger partial charge in [0.2, 0.25) is 0 Å². The Hall–Kier alpha value is -2.20. The molecule has 2 aromatic rings. The second-order valence-corrected chi connectivity index (χ2v) is 5.51. The number of ether oxygens (including phenoxy) is 1. The Morgan fingerprint density at radius 3 is 2.72 bits per heavy atom. The summed E-state index contributed by atoms with van der Waals surface area (Å²) in [6.45, 7) is 0.808. The molecule has 10 heteroatoms. The molecule has 0 saturated carbocycles. The summed E-state index contributed by atoms with van der Waals surface area (Å²) in [5.74, 6) is -6.05. The van der Waals surface area contributed by atoms with E-state index in [-0.39, 0.29) is 0 Å². The molecule has 0 bridgehead atoms. The first-order valence-corrected chi connectivity index (χ1v) is 7.71. The van der Waals surface area contributed by atoms with E-state index in [0.29, 0.717) is 30.0 Å². The number of nitrogens with zero attached hydrogens (tertiary/aromatic N) is 2. The molecule has 0 aliphatic carbocycles. The van der Waals surface area contributed by atoms with E-state index in [9.17, 15) is 17.6 Å². The van der Waals surface area contributed by atoms with E-state index in [2.05, 4.69) is 15.7 Å². The number of rotatable bonds is 7. The molecule has 0 spiro atoms. The predicted octanol–water partition coefficient (Wildman–Crippen LogP) is 2.81. The van der Waals surface area contributed by atoms with Gasteiger partial charge in [-0.25, -0.2) is 17.6 Å². The third-order valence-electron chi connectivity index (χ3n) is 3.23. The molecule has 0 aliphatic heterocycles. The van der Waals surface area contributed by atoms with Crippen LogP contribution in [0.15, 0.2) is 18.5 Å². The smallest absolute Gasteiger partial charge is 0.194 e. The first-order valence-electron chi connectivity index (χ1n) is 7.30. The molecule has 0 saturated heterocycles. The second-order valence-electron chi connectivity index (χ2n) is 5.10. The molecular formula is C15H16F4N4OS. The summed E-state index contributed by atoms with van der Waals surface area (Å²) in [6, 6.07) is 0.301. The quantitative estimate of drug-likeness (QED) is 0.256. The summed E-state index contributed by atoms with van der Waals surface area (Å²) in [6.07, 6.45) is 3.59. The van der Waals surface area contributed by atoms with Gasteiger partial charge in [-0.05, 0) is 18.6 Å². The fraction of sp³-hybridized carbons (Fsp3) is 0.333. The normalized spacial score (nSPS) is 10.8. The van der Waals surface area contributed by atoms with Crippen LogP contribution in [-0.4, -0.2) is 35.2 Å². The number of aromatic nitrogens is 2. The van der Waals surface area contributed by atoms with Crippen LogP contribution in [0.3, 0.4) is 0 Å². The van der Waals surface area contributed by atoms with Crippen LogP contribution in [0.1, 0.15) is 12.0 Å². The van der Waals surface area contributed by atoms with Gasteiger partial charge in [0.05, 0.1) is 18.4 Å². The molecule has 136 valence electrons. The van der Waals surface area contributed by atoms with Crippen LogP contribution < -0.4 is 10.6 Å². The summed E-state index contributed by atoms with van der Waals surface area (Å²) < 4.78 is 59.6. The average molecular weight is 376 g/mol. The molecule has 0 unspecified atom stereocenters. The molecule has 0 aliphatic rings. The monoisotopic (exact) mass is 376 g/mol. The van der Waals surface area contributed by atoms with E-state index in [1.165, 1.54) is 17.1 Å². The molecule has 25 heavy (non-hydrogen) atoms. The maximum Gasteiger partial charge on any atom is 0.194 e. The van der Waals surface area contributed by atoms with E-state index in [1.807, 2.05) is 0 Å². The zero-order valence-electron chi connectivity index (χ0n) is 13.3. The molecule has 2 rings (SSSR count). The molecule has 1 heterocycles. The van der Waals surface area contributed by atoms with Crippen LogP contribution in [0, 0.1) is 23.3 Å². The number of halogens is 4. The topological polar surface area (TPSA) is 51.1 Å². The van der Waals surface area contributed by atoms with E-state index >= 15 is 0 Å². The molecule has 0 amide bonds. The second kappa shape index (κ2) is 8.77. The summed E-state index contributed by atoms with van der Waals surface area (Å²) in [7, 11) is 1.60. The maximum atomic E-state index is 13.7. The maximum absolute atomic E-state index is 13.7. The standard InChI is InChI=1S/C15H16F4N4OS/c1-24-4-2-3-20-15(25)22-9-6-21-23(7-9)8-10-11(16)5-12(17)14(19)13(10)18/h5-7H,2-4,8H2,1H3,(H2,20,22,25). The zero-order chi connectivity index (χ0) is 18.4. The van der Waals surface area contributed by atoms with E-state index in [0.717, 1.165) is 6.42 Å². The lowest BCUT2D eigenvalue weighted by atomic mass is 10.2. The highest BCUT2D eigenvalue weighted by Gasteiger charge is 2.19. The molecule has 0 atom stereocenters. The minimum absolute atomic E-state index is 0.301. The van der Waals surface area contributed by atoms with Crippen molar-refractivity contribution in [3.8, 4) is 0 Å². The summed E-state index contributed by atoms with van der Waals surface area (Å²) in [5.41, 5.74) is -0.138. The number of hydrogen-bond donors (Lipinski definition) is 2. The molecule has 5 nitrogen and oxygen atoms in total. The first kappa shape index (κ1) is 19.1. The zero-order valence-corrected chi connectivity index (χ0v) is 14.1. The predicted molar refractivity (Wildman–Crippen MR) is 88.3 cm³/mol. The molecule has 0 radical (unpaired) electrons. The first-order chi connectivity index (χ1) is 11.9. The largest absolute Gasteiger partial charge is 0.385 e. The van der Waals surface area contributed by atoms with Crippen molar-refractivity contribution in [2.75, 3.05) is 25.6 Å². The van der Waals surface area contributed by atoms with Crippen LogP contribution >= 0.6 is 12.2 Å². The Labute approximate surface area is 147 Å². The Bertz CT molecular complexity index is 753. The minimum atomic E-state index is -1.72. The molecule has 1 aromatic heterocycles. The van der Waals surface area contributed by atoms with Crippen molar-refractivity contribution in [1.82, 2.24) is 15.1 Å². The van der Waals surface area contributed by atoms with Gasteiger partial charge in [0, 0.05) is 38.1 Å². The average Bonchev–Trinajstić information content (AvgIpc) is 3.00. The van der Waals surface area contributed by atoms with E-state index in [1.54, 1.807) is 7.11 Å². The summed E-state index contributed by atoms with van der Waals surface area (Å²) >= 11 is 5.09. The Morgan fingerprint density at radius 1 is 1.24 bits per heavy atom. The van der Waals surface area contributed by atoms with Crippen LogP contribution in [-0.2, 0) is 11.3 Å². The van der Waals surface area contributed by atoms with Crippen LogP contribution in [0.4, 0.5) is 23.2 Å². The van der Waals surface area contributed by atoms with Gasteiger partial charge < -0.3 is 15.4 Å². The van der Waals surface area contributed by atoms with Crippen LogP contribution in [0.2, 0.25) is 0 Å². The third-order valence-corrected chi connectivity index (χ3v) is 3.48. The van der Waals surface area contributed by atoms with Gasteiger partial charge in [0.25, 0.3) is 0 Å². The summed E-state index contributed by atoms with van der Waals surface area (Å²) in [5, 5.41) is 10.1. The lowest BCUT2D eigenvalue weighted by molar-refractivity contribution is 0.196. The molecule has 0 fully saturated rings. The number of anilines is 1. The van der Waals surface area contributed by atoms with Gasteiger partial charge in [-0.2, -0.15) is 5.10 Å². The van der Waals surface area contributed by atoms with Crippen molar-refractivity contribution < 1.29 is 22.3 Å². The highest BCUT2D eigenvalue weighted by atomic mass is 32.1. The Morgan fingerprint density at radius 2 is 2.00 bits per heavy atom. The van der Waals surface area contributed by atoms with E-state index in [4.69, 9.17) is 17.0 Å². The van der Waals surface area contributed by atoms with Crippen LogP contribution in [0.5, 0.6) is 0 Å². The lowest BCUT2D eigenvalue weighted by Crippen LogP contribution is -2.29. The fourth-order valence-corrected chi connectivity index (χ4v) is 2.24. The van der Waals surface area contributed by atoms with Gasteiger partial charge in [0.15, 0.2) is 22.6 Å². The Balaban J connectivity index is 1.98. The van der Waals surface area contributed by atoms with Gasteiger partial charge in [-0.3, -0.25) is 4.68 Å². The number of hydrogen-bond acceptors (Lipinski definition) is 3. The Kier molecular flexibility index (Phi) is 6.71. The van der Waals surface area contributed by atoms with Gasteiger partial charge >= 0.3 is 0 Å². The van der Waals surface area contributed by atoms with Crippen molar-refractivity contribution in [1.29, 1.82) is 0 Å². The minimum Gasteiger partial charge on any atom is -0.385 e. The summed E-state index contributed by atoms with van der Waals surface area (Å²) in [4.78, 5) is 0. The molecule has 2 N–H and O–H groups in total. The van der Waals surface area contributed by atoms with Crippen LogP contribution in [0.25, 0.3) is 0 Å². The van der Waals surface area contributed by atoms with Gasteiger partial charge in [-0.1, -0.05) is 0 Å². The number of nitrogens with one attached hydrogen (secondary N) is 2. The van der Waals surface area contributed by atoms with Crippen molar-refractivity contribution in [3.05, 3.63) is 47.3 Å². The highest BCUT2D eigenvalue weighted by molar-refractivity contribution is 7.80.